The van der Waals surface area contributed by atoms with Crippen LogP contribution in [0.25, 0.3) is 0 Å². The van der Waals surface area contributed by atoms with E-state index in [1.54, 1.807) is 0 Å². The van der Waals surface area contributed by atoms with E-state index in [1.807, 2.05) is 0 Å². The highest BCUT2D eigenvalue weighted by molar-refractivity contribution is 5.74. The maximum Gasteiger partial charge on any atom is 0.220 e. The van der Waals surface area contributed by atoms with Crippen molar-refractivity contribution in [3.8, 4) is 0 Å². The molecule has 0 saturated heterocycles. The smallest absolute Gasteiger partial charge is 0.220 e. The summed E-state index contributed by atoms with van der Waals surface area (Å²) in [4.78, 5) is 10.3. The van der Waals surface area contributed by atoms with E-state index in [-0.39, 0.29) is 19.4 Å². The van der Waals surface area contributed by atoms with Crippen molar-refractivity contribution >= 4 is 5.91 Å². The summed E-state index contributed by atoms with van der Waals surface area (Å²) in [5, 5.41) is 17.6. The van der Waals surface area contributed by atoms with Gasteiger partial charge in [-0.25, -0.2) is 0 Å². The van der Waals surface area contributed by atoms with Crippen LogP contribution in [0.4, 0.5) is 0 Å². The molecular weight excluding hydrogens is 134 g/mol. The molecule has 0 fully saturated rings. The van der Waals surface area contributed by atoms with E-state index >= 15 is 0 Å². The summed E-state index contributed by atoms with van der Waals surface area (Å²) in [6, 6.07) is 0. The fourth-order valence-corrected chi connectivity index (χ4v) is 0.705. The van der Waals surface area contributed by atoms with E-state index in [0.29, 0.717) is 0 Å². The Labute approximate surface area is 59.7 Å². The van der Waals surface area contributed by atoms with E-state index in [2.05, 4.69) is 0 Å². The van der Waals surface area contributed by atoms with Gasteiger partial charge in [-0.3, -0.25) is 4.79 Å². The highest BCUT2D eigenvalue weighted by Gasteiger charge is 2.21. The molecule has 0 bridgehead atoms. The van der Waals surface area contributed by atoms with Crippen LogP contribution in [-0.4, -0.2) is 28.3 Å². The number of aliphatic hydroxyl groups is 2. The van der Waals surface area contributed by atoms with E-state index in [0.717, 1.165) is 0 Å². The molecule has 0 aliphatic rings. The van der Waals surface area contributed by atoms with Crippen molar-refractivity contribution in [3.05, 3.63) is 0 Å². The Balaban J connectivity index is 3.74. The van der Waals surface area contributed by atoms with Crippen LogP contribution in [0.1, 0.15) is 19.8 Å². The van der Waals surface area contributed by atoms with Crippen LogP contribution in [0, 0.1) is 0 Å². The van der Waals surface area contributed by atoms with Gasteiger partial charge >= 0.3 is 0 Å². The van der Waals surface area contributed by atoms with Crippen molar-refractivity contribution in [2.45, 2.75) is 25.4 Å². The SMILES string of the molecule is C[C@@](O)(CCO)CC(N)=O. The lowest BCUT2D eigenvalue weighted by Gasteiger charge is -2.19. The molecular formula is C6H13NO3. The fraction of sp³-hybridized carbons (Fsp3) is 0.833. The van der Waals surface area contributed by atoms with Crippen molar-refractivity contribution < 1.29 is 15.0 Å². The van der Waals surface area contributed by atoms with Gasteiger partial charge in [0, 0.05) is 6.61 Å². The zero-order valence-corrected chi connectivity index (χ0v) is 6.00. The monoisotopic (exact) mass is 147 g/mol. The molecule has 0 unspecified atom stereocenters. The number of carbonyl (C=O) groups excluding carboxylic acids is 1. The third kappa shape index (κ3) is 4.29. The summed E-state index contributed by atoms with van der Waals surface area (Å²) in [6.45, 7) is 1.33. The first-order valence-corrected chi connectivity index (χ1v) is 3.09. The number of carbonyl (C=O) groups is 1. The molecule has 0 rings (SSSR count). The first-order valence-electron chi connectivity index (χ1n) is 3.09. The van der Waals surface area contributed by atoms with E-state index in [9.17, 15) is 9.90 Å². The minimum absolute atomic E-state index is 0.104. The highest BCUT2D eigenvalue weighted by Crippen LogP contribution is 2.12. The summed E-state index contributed by atoms with van der Waals surface area (Å²) in [7, 11) is 0. The number of aliphatic hydroxyl groups excluding tert-OH is 1. The van der Waals surface area contributed by atoms with Crippen LogP contribution >= 0.6 is 0 Å². The van der Waals surface area contributed by atoms with Crippen LogP contribution in [-0.2, 0) is 4.79 Å². The molecule has 1 atom stereocenters. The Hall–Kier alpha value is -0.610. The van der Waals surface area contributed by atoms with Crippen molar-refractivity contribution in [2.24, 2.45) is 5.73 Å². The lowest BCUT2D eigenvalue weighted by atomic mass is 9.99. The molecule has 0 aromatic heterocycles. The Morgan fingerprint density at radius 2 is 2.20 bits per heavy atom. The summed E-state index contributed by atoms with van der Waals surface area (Å²) in [5.41, 5.74) is 3.68. The average molecular weight is 147 g/mol. The van der Waals surface area contributed by atoms with Crippen molar-refractivity contribution in [3.63, 3.8) is 0 Å². The summed E-state index contributed by atoms with van der Waals surface area (Å²) in [5.74, 6) is -0.557. The molecule has 0 aliphatic carbocycles. The van der Waals surface area contributed by atoms with Gasteiger partial charge in [0.05, 0.1) is 12.0 Å². The Morgan fingerprint density at radius 3 is 2.50 bits per heavy atom. The Bertz CT molecular complexity index is 122. The lowest BCUT2D eigenvalue weighted by Crippen LogP contribution is -2.31. The van der Waals surface area contributed by atoms with Crippen LogP contribution in [0.15, 0.2) is 0 Å². The van der Waals surface area contributed by atoms with Crippen LogP contribution in [0.3, 0.4) is 0 Å². The second-order valence-corrected chi connectivity index (χ2v) is 2.61. The van der Waals surface area contributed by atoms with Gasteiger partial charge in [-0.1, -0.05) is 0 Å². The van der Waals surface area contributed by atoms with Crippen LogP contribution in [0.2, 0.25) is 0 Å². The van der Waals surface area contributed by atoms with Crippen molar-refractivity contribution in [2.75, 3.05) is 6.61 Å². The standard InChI is InChI=1S/C6H13NO3/c1-6(10,2-3-8)4-5(7)9/h8,10H,2-4H2,1H3,(H2,7,9)/t6-/m1/s1. The molecule has 10 heavy (non-hydrogen) atoms. The van der Waals surface area contributed by atoms with Gasteiger partial charge in [-0.2, -0.15) is 0 Å². The predicted molar refractivity (Wildman–Crippen MR) is 36.1 cm³/mol. The zero-order valence-electron chi connectivity index (χ0n) is 6.00. The van der Waals surface area contributed by atoms with Crippen LogP contribution in [0.5, 0.6) is 0 Å². The molecule has 4 heteroatoms. The highest BCUT2D eigenvalue weighted by atomic mass is 16.3. The second kappa shape index (κ2) is 3.53. The number of hydrogen-bond donors (Lipinski definition) is 3. The average Bonchev–Trinajstić information content (AvgIpc) is 1.59. The fourth-order valence-electron chi connectivity index (χ4n) is 0.705. The Morgan fingerprint density at radius 1 is 1.70 bits per heavy atom. The van der Waals surface area contributed by atoms with Gasteiger partial charge in [-0.05, 0) is 13.3 Å². The van der Waals surface area contributed by atoms with Gasteiger partial charge in [0.25, 0.3) is 0 Å². The van der Waals surface area contributed by atoms with E-state index in [1.165, 1.54) is 6.92 Å². The van der Waals surface area contributed by atoms with Gasteiger partial charge in [0.2, 0.25) is 5.91 Å². The van der Waals surface area contributed by atoms with Crippen molar-refractivity contribution in [1.29, 1.82) is 0 Å². The number of amides is 1. The molecule has 0 aromatic rings. The van der Waals surface area contributed by atoms with Gasteiger partial charge < -0.3 is 15.9 Å². The molecule has 1 amide bonds. The Kier molecular flexibility index (Phi) is 3.32. The molecule has 0 aliphatic heterocycles. The summed E-state index contributed by atoms with van der Waals surface area (Å²) < 4.78 is 0. The zero-order chi connectivity index (χ0) is 8.20. The van der Waals surface area contributed by atoms with Gasteiger partial charge in [0.1, 0.15) is 0 Å². The lowest BCUT2D eigenvalue weighted by molar-refractivity contribution is -0.122. The molecule has 0 radical (unpaired) electrons. The predicted octanol–water partition coefficient (Wildman–Crippen LogP) is -1.00. The molecule has 0 saturated carbocycles. The number of rotatable bonds is 4. The maximum absolute atomic E-state index is 10.3. The van der Waals surface area contributed by atoms with Crippen molar-refractivity contribution in [1.82, 2.24) is 0 Å². The van der Waals surface area contributed by atoms with Crippen LogP contribution < -0.4 is 5.73 Å². The minimum Gasteiger partial charge on any atom is -0.396 e. The number of nitrogens with two attached hydrogens (primary N) is 1. The number of hydrogen-bond acceptors (Lipinski definition) is 3. The third-order valence-electron chi connectivity index (χ3n) is 1.21. The van der Waals surface area contributed by atoms with E-state index in [4.69, 9.17) is 10.8 Å². The maximum atomic E-state index is 10.3. The molecule has 0 heterocycles. The normalized spacial score (nSPS) is 16.3. The third-order valence-corrected chi connectivity index (χ3v) is 1.21. The summed E-state index contributed by atoms with van der Waals surface area (Å²) in [6.07, 6.45) is 0.0729. The molecule has 60 valence electrons. The molecule has 4 nitrogen and oxygen atoms in total. The molecule has 0 aromatic carbocycles. The topological polar surface area (TPSA) is 83.6 Å². The quantitative estimate of drug-likeness (QED) is 0.476. The largest absolute Gasteiger partial charge is 0.396 e. The summed E-state index contributed by atoms with van der Waals surface area (Å²) >= 11 is 0. The second-order valence-electron chi connectivity index (χ2n) is 2.61. The first kappa shape index (κ1) is 9.39. The number of primary amides is 1. The van der Waals surface area contributed by atoms with Gasteiger partial charge in [0.15, 0.2) is 0 Å². The molecule has 0 spiro atoms. The molecule has 4 N–H and O–H groups in total. The van der Waals surface area contributed by atoms with E-state index < -0.39 is 11.5 Å². The van der Waals surface area contributed by atoms with Gasteiger partial charge in [-0.15, -0.1) is 0 Å². The first-order chi connectivity index (χ1) is 4.48. The minimum atomic E-state index is -1.15.